The van der Waals surface area contributed by atoms with E-state index in [1.54, 1.807) is 0 Å². The molecule has 6 aromatic carbocycles. The molecule has 0 aromatic heterocycles. The van der Waals surface area contributed by atoms with E-state index in [0.29, 0.717) is 35.5 Å². The molecular weight excluding hydrogens is 1780 g/mol. The van der Waals surface area contributed by atoms with Gasteiger partial charge in [-0.3, -0.25) is 29.4 Å². The smallest absolute Gasteiger partial charge is 0.161 e. The minimum Gasteiger partial charge on any atom is -0.493 e. The molecule has 18 atom stereocenters. The number of rotatable bonds is 21. The predicted octanol–water partition coefficient (Wildman–Crippen LogP) is 19.3. The summed E-state index contributed by atoms with van der Waals surface area (Å²) < 4.78 is 692. The lowest BCUT2D eigenvalue weighted by atomic mass is 9.75. The van der Waals surface area contributed by atoms with E-state index in [-0.39, 0.29) is 166 Å². The van der Waals surface area contributed by atoms with Crippen molar-refractivity contribution >= 4 is 0 Å². The lowest BCUT2D eigenvalue weighted by Gasteiger charge is -2.47. The fourth-order valence-electron chi connectivity index (χ4n) is 17.7. The van der Waals surface area contributed by atoms with Gasteiger partial charge in [0, 0.05) is 196 Å². The summed E-state index contributed by atoms with van der Waals surface area (Å²) in [6.45, 7) is -46.0. The second-order valence-corrected chi connectivity index (χ2v) is 36.7. The van der Waals surface area contributed by atoms with Crippen LogP contribution in [0, 0.1) is 69.5 Å². The first-order chi connectivity index (χ1) is 96.1. The molecule has 6 aromatic rings. The highest BCUT2D eigenvalue weighted by molar-refractivity contribution is 5.55. The Labute approximate surface area is 951 Å². The molecular formula is C117H180N6O18. The van der Waals surface area contributed by atoms with E-state index in [1.807, 2.05) is 41.5 Å². The molecule has 24 nitrogen and oxygen atoms in total. The fraction of sp³-hybridized carbons (Fsp3) is 0.692. The molecule has 6 N–H and O–H groups in total. The van der Waals surface area contributed by atoms with Gasteiger partial charge in [-0.25, -0.2) is 0 Å². The van der Waals surface area contributed by atoms with Crippen molar-refractivity contribution < 1.29 is 190 Å². The van der Waals surface area contributed by atoms with Gasteiger partial charge in [0.1, 0.15) is 0 Å². The Morgan fingerprint density at radius 3 is 0.589 bits per heavy atom. The number of aliphatic hydroxyl groups excluding tert-OH is 6. The van der Waals surface area contributed by atoms with Gasteiger partial charge >= 0.3 is 0 Å². The second-order valence-electron chi connectivity index (χ2n) is 36.7. The largest absolute Gasteiger partial charge is 0.493 e. The van der Waals surface area contributed by atoms with Gasteiger partial charge in [-0.1, -0.05) is 103 Å². The van der Waals surface area contributed by atoms with Crippen molar-refractivity contribution in [1.82, 2.24) is 29.4 Å². The van der Waals surface area contributed by atoms with Crippen LogP contribution in [0.1, 0.15) is 386 Å². The van der Waals surface area contributed by atoms with Crippen LogP contribution in [0.25, 0.3) is 0 Å². The van der Waals surface area contributed by atoms with Crippen molar-refractivity contribution in [2.24, 2.45) is 69.5 Å². The number of aryl methyl sites for hydroxylation is 6. The highest BCUT2D eigenvalue weighted by Gasteiger charge is 2.47. The second kappa shape index (κ2) is 48.4. The SMILES string of the molecule is [2H]C([2H])([2H])Oc1cc2c(cc1OC)C([2H])([2H])C([2H])([2H])N1C2([2H])CC(O)C(C([2H])([2H])C(C)(C([2H])([2H])[2H])C([2H])([2H])[2H])C1([2H])[2H].[2H]C([2H])([2H])Oc1cc2c(cc1OC)C([2H])([2H])C([2H])([2H])N1C2([2H])CC(O)C(CC(C)C)C1([2H])[2H].[2H]C([2H])([2H])Oc1cc2c(cc1OC)C([2H])([2H])C([2H])([2H])N1C2([2H])CC(O)C(CC(C)C)C1([2H])[2H].[2H]C12CC(O)C(C([2H])([2H])C(C)(C([2H])([2H])[2H])C([2H])([2H])[2H])C([2H])([2H])N1C([2H])([2H])C([2H])([2H])c1cc(OC)c(OC)cc12.[2H]C12CC(O)C(C([2H])([2H])C(C)(C([2H])([2H])[2H])C([2H])([2H])[2H])C([2H])([2H])N1C([2H])([2H])C([2H])([2H])c1cc(OC)c(OC)cc12.[2H]C12CC(O)C(CC(C)C)C([2H])([2H])N1C([2H])([2H])C([2H])([2H])c1cc(OC)c(OC)cc12. The number of ether oxygens (including phenoxy) is 12. The van der Waals surface area contributed by atoms with Crippen LogP contribution in [0.2, 0.25) is 0 Å². The van der Waals surface area contributed by atoms with Crippen molar-refractivity contribution in [2.45, 2.75) is 291 Å². The Morgan fingerprint density at radius 2 is 0.433 bits per heavy atom. The average Bonchev–Trinajstić information content (AvgIpc) is 0.668. The number of hydrogen-bond acceptors (Lipinski definition) is 24. The van der Waals surface area contributed by atoms with Crippen LogP contribution in [0.5, 0.6) is 69.0 Å². The van der Waals surface area contributed by atoms with Crippen LogP contribution in [0.4, 0.5) is 0 Å². The minimum absolute atomic E-state index is 0.00678. The highest BCUT2D eigenvalue weighted by Crippen LogP contribution is 2.53. The molecule has 786 valence electrons. The van der Waals surface area contributed by atoms with Gasteiger partial charge < -0.3 is 87.5 Å². The van der Waals surface area contributed by atoms with Crippen LogP contribution >= 0.6 is 0 Å². The Morgan fingerprint density at radius 1 is 0.277 bits per heavy atom. The Kier molecular flexibility index (Phi) is 16.5. The number of methoxy groups -OCH3 is 12. The number of hydrogen-bond donors (Lipinski definition) is 6. The number of benzene rings is 6. The maximum Gasteiger partial charge on any atom is 0.161 e. The monoisotopic (exact) mass is 2030 g/mol. The number of fused-ring (bicyclic) bond motifs is 18. The molecule has 12 aliphatic heterocycles. The first-order valence-corrected chi connectivity index (χ1v) is 45.6. The van der Waals surface area contributed by atoms with Crippen LogP contribution < -0.4 is 56.8 Å². The zero-order chi connectivity index (χ0) is 168. The number of piperidine rings is 6. The summed E-state index contributed by atoms with van der Waals surface area (Å²) in [5.74, 6) is -12.4. The lowest BCUT2D eigenvalue weighted by molar-refractivity contribution is -0.0259. The quantitative estimate of drug-likeness (QED) is 0.0392. The van der Waals surface area contributed by atoms with Gasteiger partial charge in [0.2, 0.25) is 0 Å². The zero-order valence-corrected chi connectivity index (χ0v) is 81.7. The third kappa shape index (κ3) is 26.9. The van der Waals surface area contributed by atoms with Gasteiger partial charge in [0.25, 0.3) is 0 Å². The number of nitrogens with zero attached hydrogens (tertiary/aromatic N) is 6. The standard InChI is InChI=1S/3C20H31NO3.3C19H29NO3/c3*1-20(2,3)11-14-12-21-7-6-13-8-18(23-4)19(24-5)9-15(13)16(21)10-17(14)22;3*1-12(2)7-14-11-20-6-5-13-8-18(22-3)19(23-4)9-15(13)16(20)10-17(14)21/h3*8-9,14,16-17,22H,6-7,10-12H2,1-5H3;3*8-9,12,14,16-17,21H,5-7,10-11H2,1-4H3/i1D3,2D3,5D3,6D2,7D2,11D2,12D2,16D;2*1D3,2D3,6D2,7D2,11D2,12D2,16D;2*4D3,5D2,6D2,11D2,16D;5D2,6D2,11D2,16D. The normalized spacial score (nSPS) is 45.9. The van der Waals surface area contributed by atoms with Crippen LogP contribution in [-0.4, -0.2) is 260 Å². The van der Waals surface area contributed by atoms with Gasteiger partial charge in [-0.05, 0) is 324 Å². The van der Waals surface area contributed by atoms with E-state index >= 15 is 0 Å². The molecule has 0 spiro atoms. The Hall–Kier alpha value is -7.56. The summed E-state index contributed by atoms with van der Waals surface area (Å²) in [7, 11) is 2.44. The van der Waals surface area contributed by atoms with Crippen LogP contribution in [0.15, 0.2) is 72.8 Å². The summed E-state index contributed by atoms with van der Waals surface area (Å²) in [5.41, 5.74) is -13.4. The molecule has 24 heteroatoms. The van der Waals surface area contributed by atoms with E-state index in [2.05, 4.69) is 0 Å². The first kappa shape index (κ1) is 48.2. The fourth-order valence-corrected chi connectivity index (χ4v) is 17.7. The molecule has 6 saturated heterocycles. The molecule has 0 saturated carbocycles. The molecule has 6 fully saturated rings. The summed E-state index contributed by atoms with van der Waals surface area (Å²) >= 11 is 0. The molecule has 0 amide bonds. The zero-order valence-electron chi connectivity index (χ0n) is 157. The summed E-state index contributed by atoms with van der Waals surface area (Å²) in [5, 5.41) is 66.4. The summed E-state index contributed by atoms with van der Waals surface area (Å²) in [6.07, 6.45) is -42.3. The van der Waals surface area contributed by atoms with Gasteiger partial charge in [0.05, 0.1) is 142 Å². The van der Waals surface area contributed by atoms with E-state index in [9.17, 15) is 38.9 Å². The Bertz CT molecular complexity index is 8290. The van der Waals surface area contributed by atoms with Crippen LogP contribution in [0.3, 0.4) is 0 Å². The lowest BCUT2D eigenvalue weighted by Crippen LogP contribution is -2.48. The van der Waals surface area contributed by atoms with Crippen molar-refractivity contribution in [3.8, 4) is 69.0 Å². The summed E-state index contributed by atoms with van der Waals surface area (Å²) in [4.78, 5) is 2.07. The minimum atomic E-state index is -3.65. The molecule has 12 heterocycles. The van der Waals surface area contributed by atoms with Crippen molar-refractivity contribution in [3.63, 3.8) is 0 Å². The molecule has 141 heavy (non-hydrogen) atoms. The Balaban J connectivity index is 0.000000207. The molecule has 18 rings (SSSR count). The molecule has 18 unspecified atom stereocenters. The highest BCUT2D eigenvalue weighted by atomic mass is 16.5. The molecule has 12 aliphatic rings. The van der Waals surface area contributed by atoms with Gasteiger partial charge in [-0.2, -0.15) is 0 Å². The first-order valence-electron chi connectivity index (χ1n) is 83.1. The van der Waals surface area contributed by atoms with Gasteiger partial charge in [0.15, 0.2) is 69.0 Å². The topological polar surface area (TPSA) is 252 Å². The van der Waals surface area contributed by atoms with Crippen molar-refractivity contribution in [1.29, 1.82) is 0 Å². The van der Waals surface area contributed by atoms with E-state index in [1.165, 1.54) is 69.0 Å². The number of aliphatic hydroxyl groups is 6. The third-order valence-corrected chi connectivity index (χ3v) is 24.3. The third-order valence-electron chi connectivity index (χ3n) is 24.3. The van der Waals surface area contributed by atoms with E-state index in [4.69, 9.17) is 151 Å². The van der Waals surface area contributed by atoms with E-state index in [0.717, 1.165) is 67.8 Å². The summed E-state index contributed by atoms with van der Waals surface area (Å²) in [6, 6.07) is -1.21. The van der Waals surface area contributed by atoms with Crippen LogP contribution in [-0.2, 0) is 38.2 Å². The van der Waals surface area contributed by atoms with Gasteiger partial charge in [-0.15, -0.1) is 0 Å². The molecule has 0 aliphatic carbocycles. The molecule has 0 bridgehead atoms. The van der Waals surface area contributed by atoms with Crippen molar-refractivity contribution in [3.05, 3.63) is 140 Å². The average molecular weight is 2030 g/mol. The molecule has 0 radical (unpaired) electrons. The van der Waals surface area contributed by atoms with E-state index < -0.39 is 382 Å². The maximum absolute atomic E-state index is 11.3. The van der Waals surface area contributed by atoms with Crippen molar-refractivity contribution in [2.75, 3.05) is 163 Å². The predicted molar refractivity (Wildman–Crippen MR) is 561 cm³/mol. The maximum atomic E-state index is 11.3.